The Morgan fingerprint density at radius 1 is 1.14 bits per heavy atom. The van der Waals surface area contributed by atoms with Crippen molar-refractivity contribution in [3.63, 3.8) is 0 Å². The molecule has 2 aromatic carbocycles. The van der Waals surface area contributed by atoms with Crippen molar-refractivity contribution in [2.75, 3.05) is 25.5 Å². The van der Waals surface area contributed by atoms with Gasteiger partial charge in [0.1, 0.15) is 11.6 Å². The molecule has 0 aromatic heterocycles. The molecule has 6 nitrogen and oxygen atoms in total. The van der Waals surface area contributed by atoms with Crippen LogP contribution in [0, 0.1) is 11.3 Å². The lowest BCUT2D eigenvalue weighted by atomic mass is 10.1. The zero-order valence-electron chi connectivity index (χ0n) is 16.9. The van der Waals surface area contributed by atoms with Gasteiger partial charge in [-0.05, 0) is 42.7 Å². The number of hydrogen-bond acceptors (Lipinski definition) is 5. The largest absolute Gasteiger partial charge is 0.448 e. The van der Waals surface area contributed by atoms with E-state index in [1.165, 1.54) is 13.0 Å². The third kappa shape index (κ3) is 6.82. The molecule has 150 valence electrons. The number of amides is 1. The van der Waals surface area contributed by atoms with E-state index in [2.05, 4.69) is 5.32 Å². The third-order valence-electron chi connectivity index (χ3n) is 4.27. The summed E-state index contributed by atoms with van der Waals surface area (Å²) in [6.07, 6.45) is 1.13. The van der Waals surface area contributed by atoms with E-state index in [1.54, 1.807) is 12.1 Å². The number of hydrogen-bond donors (Lipinski definition) is 1. The first-order valence-corrected chi connectivity index (χ1v) is 9.32. The normalized spacial score (nSPS) is 11.9. The molecule has 0 saturated heterocycles. The lowest BCUT2D eigenvalue weighted by molar-refractivity contribution is -0.150. The van der Waals surface area contributed by atoms with Crippen LogP contribution in [0.5, 0.6) is 0 Å². The van der Waals surface area contributed by atoms with Gasteiger partial charge in [-0.1, -0.05) is 42.5 Å². The van der Waals surface area contributed by atoms with Crippen molar-refractivity contribution in [2.45, 2.75) is 19.4 Å². The van der Waals surface area contributed by atoms with E-state index in [9.17, 15) is 14.9 Å². The van der Waals surface area contributed by atoms with Crippen molar-refractivity contribution in [3.05, 3.63) is 71.3 Å². The van der Waals surface area contributed by atoms with Crippen LogP contribution in [0.3, 0.4) is 0 Å². The van der Waals surface area contributed by atoms with E-state index >= 15 is 0 Å². The molecule has 6 heteroatoms. The number of nitrogens with one attached hydrogen (secondary N) is 1. The average Bonchev–Trinajstić information content (AvgIpc) is 2.72. The van der Waals surface area contributed by atoms with Crippen molar-refractivity contribution in [2.24, 2.45) is 0 Å². The Bertz CT molecular complexity index is 897. The molecule has 1 atom stereocenters. The smallest absolute Gasteiger partial charge is 0.349 e. The van der Waals surface area contributed by atoms with Crippen LogP contribution < -0.4 is 10.2 Å². The van der Waals surface area contributed by atoms with E-state index < -0.39 is 18.0 Å². The van der Waals surface area contributed by atoms with Crippen LogP contribution in [0.15, 0.2) is 60.2 Å². The fourth-order valence-electron chi connectivity index (χ4n) is 2.57. The van der Waals surface area contributed by atoms with E-state index in [0.29, 0.717) is 18.5 Å². The molecule has 1 amide bonds. The zero-order valence-corrected chi connectivity index (χ0v) is 16.9. The molecule has 0 unspecified atom stereocenters. The van der Waals surface area contributed by atoms with E-state index in [4.69, 9.17) is 4.74 Å². The van der Waals surface area contributed by atoms with Crippen LogP contribution in [-0.4, -0.2) is 38.6 Å². The summed E-state index contributed by atoms with van der Waals surface area (Å²) in [6, 6.07) is 19.0. The summed E-state index contributed by atoms with van der Waals surface area (Å²) in [7, 11) is 3.85. The number of anilines is 1. The minimum atomic E-state index is -0.994. The Morgan fingerprint density at radius 2 is 1.79 bits per heavy atom. The highest BCUT2D eigenvalue weighted by Gasteiger charge is 2.20. The van der Waals surface area contributed by atoms with E-state index in [0.717, 1.165) is 11.3 Å². The topological polar surface area (TPSA) is 82.4 Å². The van der Waals surface area contributed by atoms with Crippen molar-refractivity contribution in [3.8, 4) is 6.07 Å². The van der Waals surface area contributed by atoms with Crippen LogP contribution in [0.4, 0.5) is 5.69 Å². The molecule has 2 aromatic rings. The summed E-state index contributed by atoms with van der Waals surface area (Å²) in [5.74, 6) is -1.23. The van der Waals surface area contributed by atoms with Crippen LogP contribution >= 0.6 is 0 Å². The molecule has 0 fully saturated rings. The molecule has 0 aliphatic rings. The van der Waals surface area contributed by atoms with Crippen LogP contribution in [-0.2, 0) is 20.7 Å². The van der Waals surface area contributed by atoms with Gasteiger partial charge in [0.25, 0.3) is 5.91 Å². The van der Waals surface area contributed by atoms with Crippen LogP contribution in [0.2, 0.25) is 0 Å². The first kappa shape index (κ1) is 21.7. The first-order chi connectivity index (χ1) is 13.9. The Labute approximate surface area is 171 Å². The molecule has 0 saturated carbocycles. The average molecular weight is 391 g/mol. The van der Waals surface area contributed by atoms with Crippen molar-refractivity contribution in [1.82, 2.24) is 5.32 Å². The number of nitrogens with zero attached hydrogens (tertiary/aromatic N) is 2. The standard InChI is InChI=1S/C23H25N3O3/c1-17(22(27)25-14-13-18-7-5-4-6-8-18)29-23(28)20(16-24)15-19-9-11-21(12-10-19)26(2)3/h4-12,15,17H,13-14H2,1-3H3,(H,25,27)/b20-15+/t17-/m1/s1. The van der Waals surface area contributed by atoms with Gasteiger partial charge in [0.2, 0.25) is 0 Å². The van der Waals surface area contributed by atoms with Crippen LogP contribution in [0.1, 0.15) is 18.1 Å². The molecule has 0 aliphatic carbocycles. The molecular formula is C23H25N3O3. The highest BCUT2D eigenvalue weighted by atomic mass is 16.5. The van der Waals surface area contributed by atoms with Gasteiger partial charge in [-0.2, -0.15) is 5.26 Å². The molecule has 2 rings (SSSR count). The third-order valence-corrected chi connectivity index (χ3v) is 4.27. The lowest BCUT2D eigenvalue weighted by Gasteiger charge is -2.13. The Morgan fingerprint density at radius 3 is 2.38 bits per heavy atom. The summed E-state index contributed by atoms with van der Waals surface area (Å²) >= 11 is 0. The van der Waals surface area contributed by atoms with E-state index in [-0.39, 0.29) is 5.57 Å². The van der Waals surface area contributed by atoms with Gasteiger partial charge in [0.15, 0.2) is 6.10 Å². The van der Waals surface area contributed by atoms with Crippen molar-refractivity contribution < 1.29 is 14.3 Å². The second-order valence-electron chi connectivity index (χ2n) is 6.73. The maximum atomic E-state index is 12.3. The minimum absolute atomic E-state index is 0.161. The predicted octanol–water partition coefficient (Wildman–Crippen LogP) is 2.95. The molecule has 0 spiro atoms. The second-order valence-corrected chi connectivity index (χ2v) is 6.73. The molecular weight excluding hydrogens is 366 g/mol. The fourth-order valence-corrected chi connectivity index (χ4v) is 2.57. The number of carbonyl (C=O) groups is 2. The monoisotopic (exact) mass is 391 g/mol. The van der Waals surface area contributed by atoms with Gasteiger partial charge in [0.05, 0.1) is 0 Å². The van der Waals surface area contributed by atoms with Gasteiger partial charge in [-0.3, -0.25) is 4.79 Å². The Kier molecular flexibility index (Phi) is 7.99. The van der Waals surface area contributed by atoms with Gasteiger partial charge in [-0.15, -0.1) is 0 Å². The molecule has 29 heavy (non-hydrogen) atoms. The van der Waals surface area contributed by atoms with Crippen LogP contribution in [0.25, 0.3) is 6.08 Å². The number of rotatable bonds is 8. The maximum absolute atomic E-state index is 12.3. The lowest BCUT2D eigenvalue weighted by Crippen LogP contribution is -2.37. The van der Waals surface area contributed by atoms with Crippen molar-refractivity contribution >= 4 is 23.6 Å². The Balaban J connectivity index is 1.90. The SMILES string of the molecule is C[C@@H](OC(=O)/C(C#N)=C/c1ccc(N(C)C)cc1)C(=O)NCCc1ccccc1. The quantitative estimate of drug-likeness (QED) is 0.425. The number of esters is 1. The number of carbonyl (C=O) groups excluding carboxylic acids is 2. The predicted molar refractivity (Wildman–Crippen MR) is 113 cm³/mol. The van der Waals surface area contributed by atoms with Gasteiger partial charge in [0, 0.05) is 26.3 Å². The number of benzene rings is 2. The van der Waals surface area contributed by atoms with E-state index in [1.807, 2.05) is 67.5 Å². The zero-order chi connectivity index (χ0) is 21.2. The maximum Gasteiger partial charge on any atom is 0.349 e. The molecule has 0 heterocycles. The van der Waals surface area contributed by atoms with Gasteiger partial charge in [-0.25, -0.2) is 4.79 Å². The number of nitriles is 1. The summed E-state index contributed by atoms with van der Waals surface area (Å²) in [5, 5.41) is 12.0. The molecule has 0 radical (unpaired) electrons. The summed E-state index contributed by atoms with van der Waals surface area (Å²) in [6.45, 7) is 1.92. The fraction of sp³-hybridized carbons (Fsp3) is 0.261. The summed E-state index contributed by atoms with van der Waals surface area (Å²) in [5.41, 5.74) is 2.65. The van der Waals surface area contributed by atoms with Gasteiger partial charge >= 0.3 is 5.97 Å². The molecule has 1 N–H and O–H groups in total. The molecule has 0 bridgehead atoms. The highest BCUT2D eigenvalue weighted by molar-refractivity contribution is 5.99. The first-order valence-electron chi connectivity index (χ1n) is 9.32. The van der Waals surface area contributed by atoms with Gasteiger partial charge < -0.3 is 15.0 Å². The highest BCUT2D eigenvalue weighted by Crippen LogP contribution is 2.15. The summed E-state index contributed by atoms with van der Waals surface area (Å²) in [4.78, 5) is 26.4. The van der Waals surface area contributed by atoms with Crippen molar-refractivity contribution in [1.29, 1.82) is 5.26 Å². The summed E-state index contributed by atoms with van der Waals surface area (Å²) < 4.78 is 5.15. The second kappa shape index (κ2) is 10.7. The molecule has 0 aliphatic heterocycles. The number of ether oxygens (including phenoxy) is 1. The Hall–Kier alpha value is -3.59. The minimum Gasteiger partial charge on any atom is -0.448 e.